The number of nitrogens with one attached hydrogen (secondary N) is 1. The van der Waals surface area contributed by atoms with Gasteiger partial charge in [-0.3, -0.25) is 0 Å². The highest BCUT2D eigenvalue weighted by Crippen LogP contribution is 2.40. The fourth-order valence-electron chi connectivity index (χ4n) is 4.10. The Morgan fingerprint density at radius 1 is 1.00 bits per heavy atom. The van der Waals surface area contributed by atoms with Crippen molar-refractivity contribution in [3.63, 3.8) is 0 Å². The molecule has 4 nitrogen and oxygen atoms in total. The Morgan fingerprint density at radius 2 is 1.48 bits per heavy atom. The van der Waals surface area contributed by atoms with E-state index in [2.05, 4.69) is 58.3 Å². The van der Waals surface area contributed by atoms with Crippen molar-refractivity contribution >= 4 is 14.2 Å². The molecular weight excluding hydrogens is 402 g/mol. The second-order valence-corrected chi connectivity index (χ2v) is 16.3. The van der Waals surface area contributed by atoms with Crippen molar-refractivity contribution in [3.8, 4) is 11.5 Å². The van der Waals surface area contributed by atoms with Gasteiger partial charge < -0.3 is 15.2 Å². The molecule has 0 aromatic rings. The number of alkyl carbamates (subject to hydrolysis) is 1. The molecule has 0 bridgehead atoms. The molecule has 0 rings (SSSR count). The zero-order valence-corrected chi connectivity index (χ0v) is 23.0. The van der Waals surface area contributed by atoms with Crippen LogP contribution in [0.2, 0.25) is 16.6 Å². The minimum Gasteiger partial charge on any atom is -0.444 e. The van der Waals surface area contributed by atoms with Crippen LogP contribution in [0.3, 0.4) is 0 Å². The van der Waals surface area contributed by atoms with Crippen molar-refractivity contribution in [1.29, 1.82) is 0 Å². The third-order valence-corrected chi connectivity index (χ3v) is 12.2. The molecule has 0 aromatic carbocycles. The number of carbonyl (C=O) groups is 1. The Kier molecular flexibility index (Phi) is 11.9. The van der Waals surface area contributed by atoms with E-state index < -0.39 is 25.9 Å². The van der Waals surface area contributed by atoms with Crippen LogP contribution >= 0.6 is 0 Å². The van der Waals surface area contributed by atoms with Gasteiger partial charge in [-0.2, -0.15) is 0 Å². The number of rotatable bonds is 8. The van der Waals surface area contributed by atoms with E-state index >= 15 is 0 Å². The van der Waals surface area contributed by atoms with Gasteiger partial charge in [0.2, 0.25) is 0 Å². The molecule has 2 atom stereocenters. The predicted molar refractivity (Wildman–Crippen MR) is 136 cm³/mol. The van der Waals surface area contributed by atoms with Gasteiger partial charge in [-0.05, 0) is 63.7 Å². The van der Waals surface area contributed by atoms with Gasteiger partial charge in [-0.25, -0.2) is 4.79 Å². The molecule has 5 heteroatoms. The molecule has 0 saturated carbocycles. The van der Waals surface area contributed by atoms with Gasteiger partial charge in [0.1, 0.15) is 13.7 Å². The number of aliphatic hydroxyl groups is 1. The molecule has 0 saturated heterocycles. The zero-order valence-electron chi connectivity index (χ0n) is 22.0. The summed E-state index contributed by atoms with van der Waals surface area (Å²) in [6, 6.07) is 0. The van der Waals surface area contributed by atoms with Crippen molar-refractivity contribution < 1.29 is 14.6 Å². The van der Waals surface area contributed by atoms with Crippen LogP contribution in [0, 0.1) is 17.4 Å². The Hall–Kier alpha value is -1.51. The first-order valence-electron chi connectivity index (χ1n) is 11.6. The van der Waals surface area contributed by atoms with Crippen LogP contribution in [0.1, 0.15) is 83.1 Å². The van der Waals surface area contributed by atoms with Crippen molar-refractivity contribution in [1.82, 2.24) is 5.32 Å². The molecule has 0 fully saturated rings. The molecule has 31 heavy (non-hydrogen) atoms. The smallest absolute Gasteiger partial charge is 0.407 e. The lowest BCUT2D eigenvalue weighted by molar-refractivity contribution is 0.0532. The molecule has 0 unspecified atom stereocenters. The van der Waals surface area contributed by atoms with Gasteiger partial charge in [0.05, 0.1) is 6.10 Å². The van der Waals surface area contributed by atoms with E-state index in [4.69, 9.17) is 4.74 Å². The molecule has 2 N–H and O–H groups in total. The normalized spacial score (nSPS) is 15.6. The van der Waals surface area contributed by atoms with E-state index in [9.17, 15) is 9.90 Å². The van der Waals surface area contributed by atoms with Crippen LogP contribution in [0.15, 0.2) is 23.3 Å². The first kappa shape index (κ1) is 29.5. The molecular formula is C26H47NO3Si. The molecule has 0 heterocycles. The number of allylic oxidation sites excluding steroid dienone is 2. The summed E-state index contributed by atoms with van der Waals surface area (Å²) >= 11 is 0. The second-order valence-electron chi connectivity index (χ2n) is 10.7. The SMILES string of the molecule is C/C(=C\C=C(/C)[C@@H](O)[C@@H](C)C#C[Si](C(C)C)(C(C)C)C(C)C)CNC(=O)OC(C)(C)C. The maximum absolute atomic E-state index is 11.8. The summed E-state index contributed by atoms with van der Waals surface area (Å²) in [6.45, 7) is 25.5. The maximum Gasteiger partial charge on any atom is 0.407 e. The van der Waals surface area contributed by atoms with E-state index in [1.165, 1.54) is 0 Å². The molecule has 0 radical (unpaired) electrons. The summed E-state index contributed by atoms with van der Waals surface area (Å²) in [5.74, 6) is 3.29. The summed E-state index contributed by atoms with van der Waals surface area (Å²) in [6.07, 6.45) is 2.78. The average Bonchev–Trinajstić information content (AvgIpc) is 2.61. The molecule has 0 aromatic heterocycles. The van der Waals surface area contributed by atoms with E-state index in [0.29, 0.717) is 23.2 Å². The molecule has 0 aliphatic carbocycles. The van der Waals surface area contributed by atoms with Crippen LogP contribution in [-0.2, 0) is 4.74 Å². The monoisotopic (exact) mass is 449 g/mol. The topological polar surface area (TPSA) is 58.6 Å². The fraction of sp³-hybridized carbons (Fsp3) is 0.731. The summed E-state index contributed by atoms with van der Waals surface area (Å²) in [7, 11) is -1.80. The lowest BCUT2D eigenvalue weighted by Gasteiger charge is -2.38. The highest BCUT2D eigenvalue weighted by Gasteiger charge is 2.41. The van der Waals surface area contributed by atoms with E-state index in [0.717, 1.165) is 11.1 Å². The van der Waals surface area contributed by atoms with E-state index in [1.54, 1.807) is 0 Å². The van der Waals surface area contributed by atoms with Crippen molar-refractivity contribution in [2.45, 2.75) is 111 Å². The summed E-state index contributed by atoms with van der Waals surface area (Å²) in [4.78, 5) is 11.8. The summed E-state index contributed by atoms with van der Waals surface area (Å²) < 4.78 is 5.24. The maximum atomic E-state index is 11.8. The number of amides is 1. The first-order valence-corrected chi connectivity index (χ1v) is 13.8. The van der Waals surface area contributed by atoms with Crippen LogP contribution in [-0.4, -0.2) is 37.5 Å². The number of ether oxygens (including phenoxy) is 1. The second kappa shape index (κ2) is 12.5. The summed E-state index contributed by atoms with van der Waals surface area (Å²) in [5, 5.41) is 13.5. The minimum atomic E-state index is -1.80. The Morgan fingerprint density at radius 3 is 1.90 bits per heavy atom. The molecule has 1 amide bonds. The third-order valence-electron chi connectivity index (χ3n) is 5.86. The van der Waals surface area contributed by atoms with Crippen LogP contribution < -0.4 is 5.32 Å². The van der Waals surface area contributed by atoms with Gasteiger partial charge >= 0.3 is 6.09 Å². The predicted octanol–water partition coefficient (Wildman–Crippen LogP) is 6.62. The lowest BCUT2D eigenvalue weighted by Crippen LogP contribution is -2.43. The highest BCUT2D eigenvalue weighted by atomic mass is 28.3. The van der Waals surface area contributed by atoms with Crippen molar-refractivity contribution in [2.75, 3.05) is 6.54 Å². The number of hydrogen-bond acceptors (Lipinski definition) is 3. The number of carbonyl (C=O) groups excluding carboxylic acids is 1. The molecule has 0 aliphatic heterocycles. The van der Waals surface area contributed by atoms with Crippen LogP contribution in [0.4, 0.5) is 4.79 Å². The van der Waals surface area contributed by atoms with Gasteiger partial charge in [0, 0.05) is 12.5 Å². The Balaban J connectivity index is 5.24. The Bertz CT molecular complexity index is 681. The van der Waals surface area contributed by atoms with Crippen molar-refractivity contribution in [2.24, 2.45) is 5.92 Å². The molecule has 0 spiro atoms. The molecule has 0 aliphatic rings. The van der Waals surface area contributed by atoms with Gasteiger partial charge in [0.25, 0.3) is 0 Å². The summed E-state index contributed by atoms with van der Waals surface area (Å²) in [5.41, 5.74) is 6.75. The first-order chi connectivity index (χ1) is 14.0. The van der Waals surface area contributed by atoms with Crippen LogP contribution in [0.25, 0.3) is 0 Å². The highest BCUT2D eigenvalue weighted by molar-refractivity contribution is 6.90. The van der Waals surface area contributed by atoms with E-state index in [1.807, 2.05) is 53.7 Å². The lowest BCUT2D eigenvalue weighted by atomic mass is 9.98. The third kappa shape index (κ3) is 9.66. The standard InChI is InChI=1S/C26H47NO3Si/c1-18(2)31(19(3)4,20(5)6)16-15-23(9)24(28)22(8)14-13-21(7)17-27-25(29)30-26(10,11)12/h13-14,18-20,23-24,28H,17H2,1-12H3,(H,27,29)/b21-13+,22-14+/t23-,24+/m0/s1. The fourth-order valence-corrected chi connectivity index (χ4v) is 9.45. The van der Waals surface area contributed by atoms with Gasteiger partial charge in [-0.1, -0.05) is 59.3 Å². The number of hydrogen-bond donors (Lipinski definition) is 2. The Labute approximate surface area is 192 Å². The van der Waals surface area contributed by atoms with Crippen LogP contribution in [0.5, 0.6) is 0 Å². The average molecular weight is 450 g/mol. The largest absolute Gasteiger partial charge is 0.444 e. The van der Waals surface area contributed by atoms with Crippen molar-refractivity contribution in [3.05, 3.63) is 23.3 Å². The van der Waals surface area contributed by atoms with Gasteiger partial charge in [-0.15, -0.1) is 11.5 Å². The number of aliphatic hydroxyl groups excluding tert-OH is 1. The van der Waals surface area contributed by atoms with E-state index in [-0.39, 0.29) is 5.92 Å². The quantitative estimate of drug-likeness (QED) is 0.249. The zero-order chi connectivity index (χ0) is 24.6. The molecule has 178 valence electrons. The van der Waals surface area contributed by atoms with Gasteiger partial charge in [0.15, 0.2) is 0 Å². The minimum absolute atomic E-state index is 0.132.